The first-order valence-electron chi connectivity index (χ1n) is 2.38. The molecule has 1 fully saturated rings. The molecule has 0 amide bonds. The highest BCUT2D eigenvalue weighted by atomic mass is 32.2. The third-order valence-corrected chi connectivity index (χ3v) is 2.86. The summed E-state index contributed by atoms with van der Waals surface area (Å²) in [4.78, 5) is 10.3. The van der Waals surface area contributed by atoms with Gasteiger partial charge in [0.15, 0.2) is 0 Å². The van der Waals surface area contributed by atoms with E-state index in [1.54, 1.807) is 0 Å². The van der Waals surface area contributed by atoms with Crippen LogP contribution in [-0.4, -0.2) is 19.3 Å². The number of rotatable bonds is 0. The number of hydrogen-bond acceptors (Lipinski definition) is 3. The fraction of sp³-hybridized carbons (Fsp3) is 0.750. The smallest absolute Gasteiger partial charge is 0.246 e. The van der Waals surface area contributed by atoms with E-state index in [1.165, 1.54) is 0 Å². The number of carbonyl (C=O) groups is 1. The molecule has 0 unspecified atom stereocenters. The molecule has 1 heterocycles. The van der Waals surface area contributed by atoms with Gasteiger partial charge in [-0.15, -0.1) is 0 Å². The van der Waals surface area contributed by atoms with Gasteiger partial charge in [-0.05, 0) is 6.42 Å². The maximum Gasteiger partial charge on any atom is 0.246 e. The first-order valence-corrected chi connectivity index (χ1v) is 4.04. The van der Waals surface area contributed by atoms with Gasteiger partial charge in [0.05, 0.1) is 5.75 Å². The predicted molar refractivity (Wildman–Crippen MR) is 28.0 cm³/mol. The Hall–Kier alpha value is -0.380. The quantitative estimate of drug-likeness (QED) is 0.458. The average Bonchev–Trinajstić information content (AvgIpc) is 1.86. The first-order chi connectivity index (χ1) is 3.63. The lowest BCUT2D eigenvalue weighted by molar-refractivity contribution is -0.111. The van der Waals surface area contributed by atoms with E-state index in [0.717, 1.165) is 0 Å². The number of hydrogen-bond donors (Lipinski definition) is 0. The van der Waals surface area contributed by atoms with Crippen molar-refractivity contribution in [1.29, 1.82) is 0 Å². The van der Waals surface area contributed by atoms with Crippen LogP contribution in [0.25, 0.3) is 0 Å². The lowest BCUT2D eigenvalue weighted by Crippen LogP contribution is -2.06. The van der Waals surface area contributed by atoms with E-state index in [4.69, 9.17) is 0 Å². The van der Waals surface area contributed by atoms with Gasteiger partial charge in [0, 0.05) is 6.42 Å². The lowest BCUT2D eigenvalue weighted by atomic mass is 10.4. The second-order valence-electron chi connectivity index (χ2n) is 1.79. The first kappa shape index (κ1) is 5.75. The summed E-state index contributed by atoms with van der Waals surface area (Å²) in [6, 6.07) is 0. The van der Waals surface area contributed by atoms with Crippen molar-refractivity contribution in [3.63, 3.8) is 0 Å². The maximum absolute atomic E-state index is 10.4. The molecule has 0 atom stereocenters. The van der Waals surface area contributed by atoms with E-state index >= 15 is 0 Å². The molecule has 1 saturated heterocycles. The summed E-state index contributed by atoms with van der Waals surface area (Å²) in [6.07, 6.45) is 0.740. The van der Waals surface area contributed by atoms with E-state index < -0.39 is 15.0 Å². The molecule has 1 rings (SSSR count). The van der Waals surface area contributed by atoms with E-state index in [0.29, 0.717) is 6.42 Å². The minimum absolute atomic E-state index is 0.0613. The highest BCUT2D eigenvalue weighted by molar-refractivity contribution is 8.06. The summed E-state index contributed by atoms with van der Waals surface area (Å²) < 4.78 is 20.8. The van der Waals surface area contributed by atoms with Gasteiger partial charge in [0.2, 0.25) is 15.0 Å². The minimum Gasteiger partial charge on any atom is -0.282 e. The maximum atomic E-state index is 10.4. The molecule has 0 radical (unpaired) electrons. The van der Waals surface area contributed by atoms with E-state index in [2.05, 4.69) is 0 Å². The van der Waals surface area contributed by atoms with Gasteiger partial charge in [0.1, 0.15) is 0 Å². The summed E-state index contributed by atoms with van der Waals surface area (Å²) in [5, 5.41) is -0.586. The van der Waals surface area contributed by atoms with Crippen molar-refractivity contribution in [2.45, 2.75) is 12.8 Å². The Labute approximate surface area is 47.6 Å². The van der Waals surface area contributed by atoms with Crippen LogP contribution in [0, 0.1) is 0 Å². The molecule has 0 aromatic rings. The van der Waals surface area contributed by atoms with Crippen LogP contribution < -0.4 is 0 Å². The summed E-state index contributed by atoms with van der Waals surface area (Å²) >= 11 is 0. The largest absolute Gasteiger partial charge is 0.282 e. The van der Waals surface area contributed by atoms with Gasteiger partial charge in [-0.1, -0.05) is 0 Å². The third kappa shape index (κ3) is 0.753. The molecule has 0 bridgehead atoms. The van der Waals surface area contributed by atoms with Crippen LogP contribution in [0.2, 0.25) is 0 Å². The molecule has 8 heavy (non-hydrogen) atoms. The third-order valence-electron chi connectivity index (χ3n) is 1.14. The fourth-order valence-electron chi connectivity index (χ4n) is 0.676. The molecule has 3 nitrogen and oxygen atoms in total. The molecule has 0 aliphatic carbocycles. The molecule has 1 aliphatic heterocycles. The van der Waals surface area contributed by atoms with E-state index in [9.17, 15) is 13.2 Å². The molecule has 0 saturated carbocycles. The van der Waals surface area contributed by atoms with Crippen LogP contribution in [0.15, 0.2) is 0 Å². The summed E-state index contributed by atoms with van der Waals surface area (Å²) in [7, 11) is -3.26. The molecule has 4 heteroatoms. The summed E-state index contributed by atoms with van der Waals surface area (Å²) in [6.45, 7) is 0. The van der Waals surface area contributed by atoms with Gasteiger partial charge in [-0.2, -0.15) is 0 Å². The molecular weight excluding hydrogens is 128 g/mol. The van der Waals surface area contributed by atoms with Crippen molar-refractivity contribution in [1.82, 2.24) is 0 Å². The zero-order valence-electron chi connectivity index (χ0n) is 4.25. The van der Waals surface area contributed by atoms with Crippen molar-refractivity contribution < 1.29 is 13.2 Å². The Bertz CT molecular complexity index is 201. The SMILES string of the molecule is O=C1CCCS1(=O)=O. The van der Waals surface area contributed by atoms with Crippen LogP contribution in [0.4, 0.5) is 0 Å². The molecule has 0 spiro atoms. The van der Waals surface area contributed by atoms with Crippen molar-refractivity contribution in [3.05, 3.63) is 0 Å². The molecule has 46 valence electrons. The zero-order chi connectivity index (χ0) is 6.20. The average molecular weight is 134 g/mol. The normalized spacial score (nSPS) is 26.2. The Kier molecular flexibility index (Phi) is 1.11. The van der Waals surface area contributed by atoms with Crippen LogP contribution >= 0.6 is 0 Å². The lowest BCUT2D eigenvalue weighted by Gasteiger charge is -1.81. The van der Waals surface area contributed by atoms with Crippen LogP contribution in [-0.2, 0) is 14.6 Å². The minimum atomic E-state index is -3.26. The van der Waals surface area contributed by atoms with Gasteiger partial charge < -0.3 is 0 Å². The predicted octanol–water partition coefficient (Wildman–Crippen LogP) is -0.278. The Morgan fingerprint density at radius 1 is 1.38 bits per heavy atom. The second kappa shape index (κ2) is 1.55. The van der Waals surface area contributed by atoms with Gasteiger partial charge in [0.25, 0.3) is 0 Å². The van der Waals surface area contributed by atoms with Crippen molar-refractivity contribution in [3.8, 4) is 0 Å². The fourth-order valence-corrected chi connectivity index (χ4v) is 1.88. The summed E-state index contributed by atoms with van der Waals surface area (Å²) in [5.74, 6) is 0.0613. The second-order valence-corrected chi connectivity index (χ2v) is 3.89. The Morgan fingerprint density at radius 3 is 2.12 bits per heavy atom. The molecule has 0 aromatic carbocycles. The standard InChI is InChI=1S/C4H6O3S/c5-4-2-1-3-8(4,6)7/h1-3H2. The highest BCUT2D eigenvalue weighted by Crippen LogP contribution is 2.10. The summed E-state index contributed by atoms with van der Waals surface area (Å²) in [5.41, 5.74) is 0. The Morgan fingerprint density at radius 2 is 2.00 bits per heavy atom. The number of carbonyl (C=O) groups excluding carboxylic acids is 1. The molecule has 0 aromatic heterocycles. The van der Waals surface area contributed by atoms with Crippen molar-refractivity contribution in [2.24, 2.45) is 0 Å². The zero-order valence-corrected chi connectivity index (χ0v) is 5.07. The van der Waals surface area contributed by atoms with E-state index in [-0.39, 0.29) is 12.2 Å². The monoisotopic (exact) mass is 134 g/mol. The van der Waals surface area contributed by atoms with Crippen molar-refractivity contribution in [2.75, 3.05) is 5.75 Å². The van der Waals surface area contributed by atoms with Crippen LogP contribution in [0.5, 0.6) is 0 Å². The molecule has 1 aliphatic rings. The van der Waals surface area contributed by atoms with Crippen molar-refractivity contribution >= 4 is 15.0 Å². The van der Waals surface area contributed by atoms with Gasteiger partial charge in [-0.25, -0.2) is 8.42 Å². The number of sulfone groups is 1. The highest BCUT2D eigenvalue weighted by Gasteiger charge is 2.27. The van der Waals surface area contributed by atoms with E-state index in [1.807, 2.05) is 0 Å². The van der Waals surface area contributed by atoms with Crippen LogP contribution in [0.1, 0.15) is 12.8 Å². The van der Waals surface area contributed by atoms with Crippen LogP contribution in [0.3, 0.4) is 0 Å². The van der Waals surface area contributed by atoms with Gasteiger partial charge >= 0.3 is 0 Å². The van der Waals surface area contributed by atoms with Gasteiger partial charge in [-0.3, -0.25) is 4.79 Å². The topological polar surface area (TPSA) is 51.2 Å². The Balaban J connectivity index is 3.02. The molecular formula is C4H6O3S. The molecule has 0 N–H and O–H groups in total.